The van der Waals surface area contributed by atoms with E-state index in [1.807, 2.05) is 12.1 Å². The Morgan fingerprint density at radius 2 is 1.77 bits per heavy atom. The van der Waals surface area contributed by atoms with Crippen LogP contribution in [-0.2, 0) is 16.1 Å². The van der Waals surface area contributed by atoms with Crippen molar-refractivity contribution in [3.8, 4) is 5.75 Å². The fourth-order valence-electron chi connectivity index (χ4n) is 3.74. The summed E-state index contributed by atoms with van der Waals surface area (Å²) >= 11 is 12.0. The van der Waals surface area contributed by atoms with Crippen LogP contribution >= 0.6 is 23.2 Å². The second-order valence-electron chi connectivity index (χ2n) is 7.91. The lowest BCUT2D eigenvalue weighted by atomic mass is 9.95. The predicted octanol–water partition coefficient (Wildman–Crippen LogP) is 5.24. The van der Waals surface area contributed by atoms with E-state index in [4.69, 9.17) is 27.9 Å². The molecule has 2 amide bonds. The maximum absolute atomic E-state index is 13.1. The Labute approximate surface area is 193 Å². The van der Waals surface area contributed by atoms with Crippen LogP contribution in [0.1, 0.15) is 44.6 Å². The lowest BCUT2D eigenvalue weighted by molar-refractivity contribution is -0.142. The molecule has 0 heterocycles. The second kappa shape index (κ2) is 11.4. The van der Waals surface area contributed by atoms with Crippen molar-refractivity contribution < 1.29 is 14.3 Å². The molecule has 1 saturated carbocycles. The average molecular weight is 463 g/mol. The summed E-state index contributed by atoms with van der Waals surface area (Å²) in [6.07, 6.45) is 5.43. The van der Waals surface area contributed by atoms with Gasteiger partial charge in [-0.15, -0.1) is 0 Å². The normalized spacial score (nSPS) is 15.2. The van der Waals surface area contributed by atoms with E-state index in [0.717, 1.165) is 31.2 Å². The summed E-state index contributed by atoms with van der Waals surface area (Å²) in [5.74, 6) is 0.120. The summed E-state index contributed by atoms with van der Waals surface area (Å²) in [6, 6.07) is 13.6. The maximum Gasteiger partial charge on any atom is 0.261 e. The van der Waals surface area contributed by atoms with E-state index in [1.165, 1.54) is 6.42 Å². The lowest BCUT2D eigenvalue weighted by Crippen LogP contribution is -2.51. The SMILES string of the molecule is C[C@H](C(=O)NC1CCCCC1)N(Cc1cccc(Cl)c1)C(=O)COc1ccc(Cl)cc1. The van der Waals surface area contributed by atoms with Crippen LogP contribution in [-0.4, -0.2) is 35.4 Å². The van der Waals surface area contributed by atoms with Gasteiger partial charge in [0.15, 0.2) is 6.61 Å². The van der Waals surface area contributed by atoms with E-state index in [2.05, 4.69) is 5.32 Å². The van der Waals surface area contributed by atoms with E-state index in [9.17, 15) is 9.59 Å². The third kappa shape index (κ3) is 7.15. The average Bonchev–Trinajstić information content (AvgIpc) is 2.77. The van der Waals surface area contributed by atoms with Gasteiger partial charge in [0.2, 0.25) is 5.91 Å². The number of rotatable bonds is 8. The highest BCUT2D eigenvalue weighted by Crippen LogP contribution is 2.20. The molecular formula is C24H28Cl2N2O3. The molecule has 1 atom stereocenters. The Bertz CT molecular complexity index is 883. The number of carbonyl (C=O) groups excluding carboxylic acids is 2. The van der Waals surface area contributed by atoms with Crippen molar-refractivity contribution in [2.24, 2.45) is 0 Å². The first-order valence-corrected chi connectivity index (χ1v) is 11.4. The standard InChI is InChI=1S/C24H28Cl2N2O3/c1-17(24(30)27-21-8-3-2-4-9-21)28(15-18-6-5-7-20(26)14-18)23(29)16-31-22-12-10-19(25)11-13-22/h5-7,10-14,17,21H,2-4,8-9,15-16H2,1H3,(H,27,30)/t17-/m1/s1. The number of nitrogens with one attached hydrogen (secondary N) is 1. The van der Waals surface area contributed by atoms with Crippen molar-refractivity contribution in [1.82, 2.24) is 10.2 Å². The zero-order chi connectivity index (χ0) is 22.2. The number of nitrogens with zero attached hydrogens (tertiary/aromatic N) is 1. The van der Waals surface area contributed by atoms with Crippen molar-refractivity contribution in [2.45, 2.75) is 57.7 Å². The van der Waals surface area contributed by atoms with Crippen LogP contribution in [0.5, 0.6) is 5.75 Å². The van der Waals surface area contributed by atoms with Crippen molar-refractivity contribution in [3.05, 3.63) is 64.1 Å². The zero-order valence-corrected chi connectivity index (χ0v) is 19.2. The van der Waals surface area contributed by atoms with Crippen LogP contribution in [0, 0.1) is 0 Å². The van der Waals surface area contributed by atoms with Gasteiger partial charge in [0, 0.05) is 22.6 Å². The molecule has 2 aromatic rings. The molecule has 7 heteroatoms. The summed E-state index contributed by atoms with van der Waals surface area (Å²) in [6.45, 7) is 1.84. The first-order chi connectivity index (χ1) is 14.9. The molecule has 0 aliphatic heterocycles. The fraction of sp³-hybridized carbons (Fsp3) is 0.417. The quantitative estimate of drug-likeness (QED) is 0.583. The van der Waals surface area contributed by atoms with E-state index in [0.29, 0.717) is 15.8 Å². The number of benzene rings is 2. The topological polar surface area (TPSA) is 58.6 Å². The van der Waals surface area contributed by atoms with E-state index in [1.54, 1.807) is 48.2 Å². The first-order valence-electron chi connectivity index (χ1n) is 10.6. The van der Waals surface area contributed by atoms with Crippen LogP contribution in [0.4, 0.5) is 0 Å². The first kappa shape index (κ1) is 23.4. The van der Waals surface area contributed by atoms with Gasteiger partial charge in [0.1, 0.15) is 11.8 Å². The molecule has 3 rings (SSSR count). The molecule has 0 unspecified atom stereocenters. The van der Waals surface area contributed by atoms with Gasteiger partial charge in [0.25, 0.3) is 5.91 Å². The highest BCUT2D eigenvalue weighted by Gasteiger charge is 2.28. The Balaban J connectivity index is 1.70. The summed E-state index contributed by atoms with van der Waals surface area (Å²) < 4.78 is 5.64. The third-order valence-corrected chi connectivity index (χ3v) is 6.02. The van der Waals surface area contributed by atoms with Crippen LogP contribution in [0.25, 0.3) is 0 Å². The maximum atomic E-state index is 13.1. The highest BCUT2D eigenvalue weighted by molar-refractivity contribution is 6.30. The number of ether oxygens (including phenoxy) is 1. The summed E-state index contributed by atoms with van der Waals surface area (Å²) in [4.78, 5) is 27.6. The van der Waals surface area contributed by atoms with Gasteiger partial charge in [0.05, 0.1) is 0 Å². The Kier molecular flexibility index (Phi) is 8.61. The predicted molar refractivity (Wildman–Crippen MR) is 123 cm³/mol. The van der Waals surface area contributed by atoms with Gasteiger partial charge < -0.3 is 15.0 Å². The van der Waals surface area contributed by atoms with Crippen molar-refractivity contribution in [1.29, 1.82) is 0 Å². The monoisotopic (exact) mass is 462 g/mol. The molecule has 0 bridgehead atoms. The molecule has 0 saturated heterocycles. The van der Waals surface area contributed by atoms with Gasteiger partial charge in [-0.05, 0) is 61.7 Å². The number of carbonyl (C=O) groups is 2. The molecule has 0 aromatic heterocycles. The molecule has 0 spiro atoms. The van der Waals surface area contributed by atoms with Gasteiger partial charge in [-0.1, -0.05) is 54.6 Å². The van der Waals surface area contributed by atoms with Crippen molar-refractivity contribution >= 4 is 35.0 Å². The van der Waals surface area contributed by atoms with Crippen molar-refractivity contribution in [2.75, 3.05) is 6.61 Å². The van der Waals surface area contributed by atoms with Crippen LogP contribution in [0.2, 0.25) is 10.0 Å². The second-order valence-corrected chi connectivity index (χ2v) is 8.79. The van der Waals surface area contributed by atoms with Gasteiger partial charge in [-0.25, -0.2) is 0 Å². The molecule has 1 aliphatic carbocycles. The Morgan fingerprint density at radius 3 is 2.45 bits per heavy atom. The number of halogens is 2. The molecule has 166 valence electrons. The molecule has 2 aromatic carbocycles. The molecular weight excluding hydrogens is 435 g/mol. The molecule has 5 nitrogen and oxygen atoms in total. The molecule has 1 aliphatic rings. The number of hydrogen-bond acceptors (Lipinski definition) is 3. The van der Waals surface area contributed by atoms with Gasteiger partial charge in [-0.2, -0.15) is 0 Å². The molecule has 0 radical (unpaired) electrons. The molecule has 31 heavy (non-hydrogen) atoms. The smallest absolute Gasteiger partial charge is 0.261 e. The number of amides is 2. The summed E-state index contributed by atoms with van der Waals surface area (Å²) in [5, 5.41) is 4.29. The summed E-state index contributed by atoms with van der Waals surface area (Å²) in [5.41, 5.74) is 0.852. The minimum absolute atomic E-state index is 0.145. The number of hydrogen-bond donors (Lipinski definition) is 1. The fourth-order valence-corrected chi connectivity index (χ4v) is 4.08. The Morgan fingerprint density at radius 1 is 1.06 bits per heavy atom. The van der Waals surface area contributed by atoms with Crippen LogP contribution < -0.4 is 10.1 Å². The van der Waals surface area contributed by atoms with E-state index < -0.39 is 6.04 Å². The molecule has 1 N–H and O–H groups in total. The third-order valence-electron chi connectivity index (χ3n) is 5.54. The van der Waals surface area contributed by atoms with Crippen LogP contribution in [0.15, 0.2) is 48.5 Å². The molecule has 1 fully saturated rings. The van der Waals surface area contributed by atoms with Crippen molar-refractivity contribution in [3.63, 3.8) is 0 Å². The van der Waals surface area contributed by atoms with Gasteiger partial charge in [-0.3, -0.25) is 9.59 Å². The van der Waals surface area contributed by atoms with E-state index in [-0.39, 0.29) is 31.0 Å². The minimum Gasteiger partial charge on any atom is -0.484 e. The van der Waals surface area contributed by atoms with Crippen LogP contribution in [0.3, 0.4) is 0 Å². The van der Waals surface area contributed by atoms with Gasteiger partial charge >= 0.3 is 0 Å². The largest absolute Gasteiger partial charge is 0.484 e. The highest BCUT2D eigenvalue weighted by atomic mass is 35.5. The Hall–Kier alpha value is -2.24. The zero-order valence-electron chi connectivity index (χ0n) is 17.7. The lowest BCUT2D eigenvalue weighted by Gasteiger charge is -2.31. The minimum atomic E-state index is -0.637. The summed E-state index contributed by atoms with van der Waals surface area (Å²) in [7, 11) is 0. The van der Waals surface area contributed by atoms with E-state index >= 15 is 0 Å².